The average molecular weight is 514 g/mol. The molecule has 0 bridgehead atoms. The molecule has 1 unspecified atom stereocenters. The number of hydrogen-bond donors (Lipinski definition) is 0. The Kier molecular flexibility index (Phi) is 4.99. The fourth-order valence-corrected chi connectivity index (χ4v) is 6.71. The maximum atomic E-state index is 6.70. The summed E-state index contributed by atoms with van der Waals surface area (Å²) in [6.07, 6.45) is 0. The van der Waals surface area contributed by atoms with E-state index in [0.717, 1.165) is 39.0 Å². The number of furan rings is 1. The number of hydrogen-bond acceptors (Lipinski definition) is 2. The molecule has 7 aromatic rings. The third-order valence-corrected chi connectivity index (χ3v) is 8.52. The van der Waals surface area contributed by atoms with Gasteiger partial charge < -0.3 is 9.32 Å². The van der Waals surface area contributed by atoms with E-state index >= 15 is 0 Å². The van der Waals surface area contributed by atoms with Crippen molar-refractivity contribution in [1.82, 2.24) is 0 Å². The molecule has 0 saturated heterocycles. The lowest BCUT2D eigenvalue weighted by molar-refractivity contribution is 0.640. The van der Waals surface area contributed by atoms with Crippen LogP contribution in [0.2, 0.25) is 0 Å². The van der Waals surface area contributed by atoms with Crippen molar-refractivity contribution in [3.63, 3.8) is 0 Å². The maximum Gasteiger partial charge on any atom is 0.140 e. The Morgan fingerprint density at radius 2 is 1.18 bits per heavy atom. The molecular weight excluding hydrogens is 486 g/mol. The van der Waals surface area contributed by atoms with E-state index in [1.165, 1.54) is 27.8 Å². The Morgan fingerprint density at radius 3 is 1.88 bits per heavy atom. The van der Waals surface area contributed by atoms with Gasteiger partial charge in [0.25, 0.3) is 0 Å². The third kappa shape index (κ3) is 3.17. The highest BCUT2D eigenvalue weighted by molar-refractivity contribution is 6.10. The van der Waals surface area contributed by atoms with Crippen LogP contribution in [0.1, 0.15) is 23.6 Å². The van der Waals surface area contributed by atoms with E-state index in [0.29, 0.717) is 0 Å². The SMILES string of the molecule is CC1(c2ccccc2)c2cccc(N(c3ccccc3)c3ccccc3)c2-c2ccc3c(oc4ccccc43)c21. The van der Waals surface area contributed by atoms with Crippen LogP contribution in [-0.2, 0) is 5.41 Å². The highest BCUT2D eigenvalue weighted by Gasteiger charge is 2.45. The number of benzene rings is 6. The van der Waals surface area contributed by atoms with Crippen molar-refractivity contribution in [2.24, 2.45) is 0 Å². The van der Waals surface area contributed by atoms with Crippen LogP contribution in [0.15, 0.2) is 150 Å². The summed E-state index contributed by atoms with van der Waals surface area (Å²) in [4.78, 5) is 2.38. The molecule has 2 nitrogen and oxygen atoms in total. The largest absolute Gasteiger partial charge is 0.456 e. The first-order chi connectivity index (χ1) is 19.7. The third-order valence-electron chi connectivity index (χ3n) is 8.52. The summed E-state index contributed by atoms with van der Waals surface area (Å²) in [6, 6.07) is 51.8. The van der Waals surface area contributed by atoms with Crippen LogP contribution in [0.5, 0.6) is 0 Å². The molecule has 0 fully saturated rings. The second kappa shape index (κ2) is 8.72. The van der Waals surface area contributed by atoms with Crippen molar-refractivity contribution in [2.45, 2.75) is 12.3 Å². The van der Waals surface area contributed by atoms with Gasteiger partial charge in [0.1, 0.15) is 11.2 Å². The minimum atomic E-state index is -0.394. The number of fused-ring (bicyclic) bond motifs is 7. The number of nitrogens with zero attached hydrogens (tertiary/aromatic N) is 1. The lowest BCUT2D eigenvalue weighted by Gasteiger charge is -2.30. The molecule has 2 heteroatoms. The van der Waals surface area contributed by atoms with Crippen LogP contribution in [0.3, 0.4) is 0 Å². The summed E-state index contributed by atoms with van der Waals surface area (Å²) in [5.74, 6) is 0. The van der Waals surface area contributed by atoms with E-state index in [1.54, 1.807) is 0 Å². The molecule has 1 heterocycles. The lowest BCUT2D eigenvalue weighted by atomic mass is 9.74. The smallest absolute Gasteiger partial charge is 0.140 e. The van der Waals surface area contributed by atoms with E-state index in [9.17, 15) is 0 Å². The molecule has 6 aromatic carbocycles. The molecule has 1 aromatic heterocycles. The highest BCUT2D eigenvalue weighted by Crippen LogP contribution is 2.59. The van der Waals surface area contributed by atoms with Gasteiger partial charge in [-0.3, -0.25) is 0 Å². The van der Waals surface area contributed by atoms with Crippen molar-refractivity contribution in [1.29, 1.82) is 0 Å². The van der Waals surface area contributed by atoms with Crippen molar-refractivity contribution < 1.29 is 4.42 Å². The topological polar surface area (TPSA) is 16.4 Å². The summed E-state index contributed by atoms with van der Waals surface area (Å²) >= 11 is 0. The van der Waals surface area contributed by atoms with Crippen molar-refractivity contribution in [2.75, 3.05) is 4.90 Å². The molecule has 1 atom stereocenters. The van der Waals surface area contributed by atoms with E-state index in [1.807, 2.05) is 6.07 Å². The zero-order valence-corrected chi connectivity index (χ0v) is 22.2. The fraction of sp³-hybridized carbons (Fsp3) is 0.0526. The molecule has 0 aliphatic heterocycles. The summed E-state index contributed by atoms with van der Waals surface area (Å²) in [7, 11) is 0. The molecule has 8 rings (SSSR count). The van der Waals surface area contributed by atoms with Gasteiger partial charge in [-0.15, -0.1) is 0 Å². The molecule has 0 saturated carbocycles. The summed E-state index contributed by atoms with van der Waals surface area (Å²) in [5.41, 5.74) is 11.2. The van der Waals surface area contributed by atoms with Gasteiger partial charge in [0, 0.05) is 38.7 Å². The molecular formula is C38H27NO. The minimum Gasteiger partial charge on any atom is -0.456 e. The second-order valence-corrected chi connectivity index (χ2v) is 10.7. The van der Waals surface area contributed by atoms with Crippen LogP contribution < -0.4 is 4.90 Å². The molecule has 0 spiro atoms. The summed E-state index contributed by atoms with van der Waals surface area (Å²) in [6.45, 7) is 2.36. The Balaban J connectivity index is 1.50. The number of anilines is 3. The van der Waals surface area contributed by atoms with Gasteiger partial charge in [-0.05, 0) is 66.1 Å². The number of rotatable bonds is 4. The molecule has 40 heavy (non-hydrogen) atoms. The molecule has 0 amide bonds. The summed E-state index contributed by atoms with van der Waals surface area (Å²) < 4.78 is 6.70. The Labute approximate surface area is 233 Å². The Hall–Kier alpha value is -5.08. The summed E-state index contributed by atoms with van der Waals surface area (Å²) in [5, 5.41) is 2.32. The lowest BCUT2D eigenvalue weighted by Crippen LogP contribution is -2.22. The van der Waals surface area contributed by atoms with Crippen molar-refractivity contribution in [3.8, 4) is 11.1 Å². The van der Waals surface area contributed by atoms with Crippen LogP contribution >= 0.6 is 0 Å². The molecule has 0 radical (unpaired) electrons. The standard InChI is InChI=1S/C38H27NO/c1-38(26-14-5-2-6-15-26)32-21-13-22-33(39(27-16-7-3-8-17-27)28-18-9-4-10-19-28)35(32)31-25-24-30-29-20-11-12-23-34(29)40-37(30)36(31)38/h2-25H,1H3. The fourth-order valence-electron chi connectivity index (χ4n) is 6.71. The Bertz CT molecular complexity index is 1970. The van der Waals surface area contributed by atoms with E-state index < -0.39 is 5.41 Å². The van der Waals surface area contributed by atoms with Gasteiger partial charge in [-0.2, -0.15) is 0 Å². The van der Waals surface area contributed by atoms with Gasteiger partial charge in [-0.1, -0.05) is 103 Å². The maximum absolute atomic E-state index is 6.70. The predicted molar refractivity (Wildman–Crippen MR) is 166 cm³/mol. The minimum absolute atomic E-state index is 0.394. The van der Waals surface area contributed by atoms with E-state index in [4.69, 9.17) is 4.42 Å². The first-order valence-electron chi connectivity index (χ1n) is 13.8. The van der Waals surface area contributed by atoms with Gasteiger partial charge in [-0.25, -0.2) is 0 Å². The zero-order chi connectivity index (χ0) is 26.7. The van der Waals surface area contributed by atoms with Gasteiger partial charge in [0.05, 0.1) is 5.69 Å². The quantitative estimate of drug-likeness (QED) is 0.233. The molecule has 1 aliphatic rings. The first kappa shape index (κ1) is 22.9. The zero-order valence-electron chi connectivity index (χ0n) is 22.2. The van der Waals surface area contributed by atoms with Gasteiger partial charge in [0.15, 0.2) is 0 Å². The van der Waals surface area contributed by atoms with Crippen LogP contribution in [0.25, 0.3) is 33.1 Å². The predicted octanol–water partition coefficient (Wildman–Crippen LogP) is 10.4. The molecule has 0 N–H and O–H groups in total. The average Bonchev–Trinajstić information content (AvgIpc) is 3.53. The molecule has 1 aliphatic carbocycles. The molecule has 190 valence electrons. The van der Waals surface area contributed by atoms with Crippen LogP contribution in [0, 0.1) is 0 Å². The van der Waals surface area contributed by atoms with Crippen LogP contribution in [-0.4, -0.2) is 0 Å². The van der Waals surface area contributed by atoms with Gasteiger partial charge >= 0.3 is 0 Å². The van der Waals surface area contributed by atoms with Crippen molar-refractivity contribution in [3.05, 3.63) is 162 Å². The van der Waals surface area contributed by atoms with E-state index in [2.05, 4.69) is 151 Å². The monoisotopic (exact) mass is 513 g/mol. The Morgan fingerprint density at radius 1 is 0.550 bits per heavy atom. The van der Waals surface area contributed by atoms with Crippen LogP contribution in [0.4, 0.5) is 17.1 Å². The highest BCUT2D eigenvalue weighted by atomic mass is 16.3. The van der Waals surface area contributed by atoms with E-state index in [-0.39, 0.29) is 0 Å². The normalized spacial score (nSPS) is 15.7. The van der Waals surface area contributed by atoms with Crippen molar-refractivity contribution >= 4 is 39.0 Å². The number of para-hydroxylation sites is 3. The second-order valence-electron chi connectivity index (χ2n) is 10.7. The first-order valence-corrected chi connectivity index (χ1v) is 13.8. The van der Waals surface area contributed by atoms with Gasteiger partial charge in [0.2, 0.25) is 0 Å².